The summed E-state index contributed by atoms with van der Waals surface area (Å²) in [5.41, 5.74) is 3.51. The Morgan fingerprint density at radius 2 is 1.73 bits per heavy atom. The molecule has 30 heavy (non-hydrogen) atoms. The van der Waals surface area contributed by atoms with Crippen LogP contribution >= 0.6 is 11.3 Å². The number of fused-ring (bicyclic) bond motifs is 1. The molecule has 2 amide bonds. The number of anilines is 3. The fourth-order valence-electron chi connectivity index (χ4n) is 3.86. The third-order valence-electron chi connectivity index (χ3n) is 5.32. The minimum atomic E-state index is -0.185. The third kappa shape index (κ3) is 3.46. The van der Waals surface area contributed by atoms with Gasteiger partial charge in [-0.25, -0.2) is 0 Å². The molecule has 1 fully saturated rings. The lowest BCUT2D eigenvalue weighted by atomic mass is 10.1. The smallest absolute Gasteiger partial charge is 0.268 e. The minimum absolute atomic E-state index is 0.0152. The van der Waals surface area contributed by atoms with Crippen LogP contribution in [0.2, 0.25) is 0 Å². The molecule has 2 aliphatic heterocycles. The summed E-state index contributed by atoms with van der Waals surface area (Å²) in [6.07, 6.45) is 0. The minimum Gasteiger partial charge on any atom is -0.378 e. The normalized spacial score (nSPS) is 16.2. The Hall–Kier alpha value is -3.16. The second-order valence-electron chi connectivity index (χ2n) is 7.25. The molecule has 0 saturated carbocycles. The Labute approximate surface area is 178 Å². The highest BCUT2D eigenvalue weighted by Crippen LogP contribution is 2.41. The number of morpholine rings is 1. The van der Waals surface area contributed by atoms with Crippen LogP contribution in [-0.2, 0) is 9.53 Å². The summed E-state index contributed by atoms with van der Waals surface area (Å²) in [4.78, 5) is 30.2. The number of para-hydroxylation sites is 2. The van der Waals surface area contributed by atoms with Crippen molar-refractivity contribution in [3.63, 3.8) is 0 Å². The van der Waals surface area contributed by atoms with Crippen LogP contribution in [0.5, 0.6) is 0 Å². The number of hydrogen-bond acceptors (Lipinski definition) is 5. The zero-order chi connectivity index (χ0) is 20.5. The molecule has 2 aromatic carbocycles. The van der Waals surface area contributed by atoms with Crippen molar-refractivity contribution in [3.05, 3.63) is 65.5 Å². The van der Waals surface area contributed by atoms with Crippen LogP contribution in [0.4, 0.5) is 16.4 Å². The molecule has 1 saturated heterocycles. The molecule has 5 rings (SSSR count). The van der Waals surface area contributed by atoms with Gasteiger partial charge in [-0.1, -0.05) is 42.5 Å². The van der Waals surface area contributed by atoms with E-state index >= 15 is 0 Å². The van der Waals surface area contributed by atoms with Gasteiger partial charge in [0.1, 0.15) is 6.54 Å². The summed E-state index contributed by atoms with van der Waals surface area (Å²) in [5.74, 6) is -0.339. The van der Waals surface area contributed by atoms with Crippen molar-refractivity contribution in [1.29, 1.82) is 0 Å². The summed E-state index contributed by atoms with van der Waals surface area (Å²) in [6.45, 7) is 2.96. The predicted octanol–water partition coefficient (Wildman–Crippen LogP) is 3.85. The summed E-state index contributed by atoms with van der Waals surface area (Å²) in [6, 6.07) is 19.5. The van der Waals surface area contributed by atoms with Gasteiger partial charge in [-0.05, 0) is 23.8 Å². The van der Waals surface area contributed by atoms with Gasteiger partial charge in [0.25, 0.3) is 5.91 Å². The largest absolute Gasteiger partial charge is 0.378 e. The standard InChI is InChI=1S/C23H21N3O3S/c27-21-15-26(19-9-5-4-8-18(19)24-21)22(28)20-14-17(16-6-2-1-3-7-16)23(30-20)25-10-12-29-13-11-25/h1-9,14H,10-13,15H2,(H,24,27). The van der Waals surface area contributed by atoms with Crippen molar-refractivity contribution >= 4 is 39.5 Å². The predicted molar refractivity (Wildman–Crippen MR) is 120 cm³/mol. The molecule has 0 spiro atoms. The SMILES string of the molecule is O=C1CN(C(=O)c2cc(-c3ccccc3)c(N3CCOCC3)s2)c2ccccc2N1. The molecular formula is C23H21N3O3S. The second-order valence-corrected chi connectivity index (χ2v) is 8.28. The molecule has 1 N–H and O–H groups in total. The van der Waals surface area contributed by atoms with Crippen molar-refractivity contribution in [1.82, 2.24) is 0 Å². The van der Waals surface area contributed by atoms with Crippen molar-refractivity contribution < 1.29 is 14.3 Å². The van der Waals surface area contributed by atoms with Crippen molar-refractivity contribution in [2.24, 2.45) is 0 Å². The lowest BCUT2D eigenvalue weighted by molar-refractivity contribution is -0.115. The van der Waals surface area contributed by atoms with Gasteiger partial charge in [0.05, 0.1) is 34.5 Å². The van der Waals surface area contributed by atoms with E-state index in [9.17, 15) is 9.59 Å². The maximum absolute atomic E-state index is 13.5. The van der Waals surface area contributed by atoms with Crippen molar-refractivity contribution in [2.45, 2.75) is 0 Å². The number of thiophene rings is 1. The molecule has 7 heteroatoms. The molecule has 3 aromatic rings. The molecule has 1 aromatic heterocycles. The van der Waals surface area contributed by atoms with E-state index in [0.29, 0.717) is 23.8 Å². The zero-order valence-electron chi connectivity index (χ0n) is 16.3. The van der Waals surface area contributed by atoms with E-state index < -0.39 is 0 Å². The van der Waals surface area contributed by atoms with Gasteiger partial charge in [0, 0.05) is 18.7 Å². The second kappa shape index (κ2) is 7.93. The number of carbonyl (C=O) groups excluding carboxylic acids is 2. The number of rotatable bonds is 3. The van der Waals surface area contributed by atoms with Crippen LogP contribution < -0.4 is 15.1 Å². The van der Waals surface area contributed by atoms with E-state index in [0.717, 1.165) is 34.9 Å². The van der Waals surface area contributed by atoms with Crippen LogP contribution in [0, 0.1) is 0 Å². The fourth-order valence-corrected chi connectivity index (χ4v) is 5.04. The lowest BCUT2D eigenvalue weighted by Gasteiger charge is -2.29. The molecule has 0 radical (unpaired) electrons. The Balaban J connectivity index is 1.56. The monoisotopic (exact) mass is 419 g/mol. The highest BCUT2D eigenvalue weighted by atomic mass is 32.1. The highest BCUT2D eigenvalue weighted by molar-refractivity contribution is 7.18. The molecule has 3 heterocycles. The van der Waals surface area contributed by atoms with Crippen LogP contribution in [-0.4, -0.2) is 44.7 Å². The van der Waals surface area contributed by atoms with E-state index in [1.54, 1.807) is 4.90 Å². The molecule has 6 nitrogen and oxygen atoms in total. The number of nitrogens with zero attached hydrogens (tertiary/aromatic N) is 2. The average Bonchev–Trinajstić information content (AvgIpc) is 3.25. The van der Waals surface area contributed by atoms with Gasteiger partial charge in [-0.2, -0.15) is 0 Å². The number of ether oxygens (including phenoxy) is 1. The number of benzene rings is 2. The number of hydrogen-bond donors (Lipinski definition) is 1. The fraction of sp³-hybridized carbons (Fsp3) is 0.217. The van der Waals surface area contributed by atoms with Gasteiger partial charge >= 0.3 is 0 Å². The summed E-state index contributed by atoms with van der Waals surface area (Å²) >= 11 is 1.49. The molecule has 2 aliphatic rings. The zero-order valence-corrected chi connectivity index (χ0v) is 17.2. The Morgan fingerprint density at radius 1 is 1.00 bits per heavy atom. The number of amides is 2. The van der Waals surface area contributed by atoms with E-state index in [-0.39, 0.29) is 18.4 Å². The average molecular weight is 420 g/mol. The van der Waals surface area contributed by atoms with Crippen LogP contribution in [0.25, 0.3) is 11.1 Å². The Bertz CT molecular complexity index is 1090. The van der Waals surface area contributed by atoms with Gasteiger partial charge < -0.3 is 15.0 Å². The van der Waals surface area contributed by atoms with Crippen LogP contribution in [0.1, 0.15) is 9.67 Å². The molecular weight excluding hydrogens is 398 g/mol. The van der Waals surface area contributed by atoms with Gasteiger partial charge in [-0.3, -0.25) is 14.5 Å². The molecule has 0 atom stereocenters. The number of carbonyl (C=O) groups is 2. The summed E-state index contributed by atoms with van der Waals surface area (Å²) in [5, 5.41) is 3.91. The molecule has 152 valence electrons. The van der Waals surface area contributed by atoms with E-state index in [1.165, 1.54) is 11.3 Å². The van der Waals surface area contributed by atoms with E-state index in [4.69, 9.17) is 4.74 Å². The Kier molecular flexibility index (Phi) is 4.98. The molecule has 0 unspecified atom stereocenters. The van der Waals surface area contributed by atoms with E-state index in [1.807, 2.05) is 48.5 Å². The van der Waals surface area contributed by atoms with E-state index in [2.05, 4.69) is 22.3 Å². The molecule has 0 bridgehead atoms. The topological polar surface area (TPSA) is 61.9 Å². The van der Waals surface area contributed by atoms with Crippen molar-refractivity contribution in [3.8, 4) is 11.1 Å². The lowest BCUT2D eigenvalue weighted by Crippen LogP contribution is -2.41. The first-order chi connectivity index (χ1) is 14.7. The van der Waals surface area contributed by atoms with Gasteiger partial charge in [-0.15, -0.1) is 11.3 Å². The van der Waals surface area contributed by atoms with Gasteiger partial charge in [0.15, 0.2) is 0 Å². The number of nitrogens with one attached hydrogen (secondary N) is 1. The Morgan fingerprint density at radius 3 is 2.53 bits per heavy atom. The van der Waals surface area contributed by atoms with Crippen molar-refractivity contribution in [2.75, 3.05) is 48.0 Å². The maximum Gasteiger partial charge on any atom is 0.268 e. The first-order valence-electron chi connectivity index (χ1n) is 9.93. The highest BCUT2D eigenvalue weighted by Gasteiger charge is 2.30. The maximum atomic E-state index is 13.5. The first kappa shape index (κ1) is 18.8. The first-order valence-corrected chi connectivity index (χ1v) is 10.7. The van der Waals surface area contributed by atoms with Crippen LogP contribution in [0.15, 0.2) is 60.7 Å². The van der Waals surface area contributed by atoms with Crippen LogP contribution in [0.3, 0.4) is 0 Å². The quantitative estimate of drug-likeness (QED) is 0.701. The van der Waals surface area contributed by atoms with Gasteiger partial charge in [0.2, 0.25) is 5.91 Å². The molecule has 0 aliphatic carbocycles. The third-order valence-corrected chi connectivity index (χ3v) is 6.51. The summed E-state index contributed by atoms with van der Waals surface area (Å²) in [7, 11) is 0. The summed E-state index contributed by atoms with van der Waals surface area (Å²) < 4.78 is 5.51.